The van der Waals surface area contributed by atoms with Crippen molar-refractivity contribution in [2.24, 2.45) is 11.8 Å². The van der Waals surface area contributed by atoms with Crippen LogP contribution in [0.2, 0.25) is 0 Å². The molecule has 1 aliphatic carbocycles. The van der Waals surface area contributed by atoms with Crippen molar-refractivity contribution in [2.45, 2.75) is 66.0 Å². The summed E-state index contributed by atoms with van der Waals surface area (Å²) >= 11 is 1.67. The van der Waals surface area contributed by atoms with E-state index in [1.165, 1.54) is 17.0 Å². The summed E-state index contributed by atoms with van der Waals surface area (Å²) in [4.78, 5) is 32.6. The summed E-state index contributed by atoms with van der Waals surface area (Å²) < 4.78 is 13.4. The van der Waals surface area contributed by atoms with Gasteiger partial charge >= 0.3 is 0 Å². The molecule has 3 rings (SSSR count). The Kier molecular flexibility index (Phi) is 8.85. The van der Waals surface area contributed by atoms with Gasteiger partial charge in [0.15, 0.2) is 0 Å². The predicted octanol–water partition coefficient (Wildman–Crippen LogP) is 5.79. The molecule has 1 aromatic carbocycles. The standard InChI is InChI=1S/C26H35FN2O2S/c1-4-19(2)15-29(26(31)22-7-5-6-8-22)18-25(30)28(17-24-14-9-20(3)32-24)16-21-10-12-23(27)13-11-21/h9-14,19,22H,4-8,15-18H2,1-3H3/t19-/m0/s1. The predicted molar refractivity (Wildman–Crippen MR) is 128 cm³/mol. The number of aryl methyl sites for hydroxylation is 1. The molecule has 1 heterocycles. The number of rotatable bonds is 10. The van der Waals surface area contributed by atoms with Crippen molar-refractivity contribution in [3.05, 3.63) is 57.5 Å². The van der Waals surface area contributed by atoms with Gasteiger partial charge in [-0.15, -0.1) is 11.3 Å². The third-order valence-corrected chi connectivity index (χ3v) is 7.34. The van der Waals surface area contributed by atoms with Crippen molar-refractivity contribution in [1.82, 2.24) is 9.80 Å². The molecule has 0 bridgehead atoms. The van der Waals surface area contributed by atoms with Crippen molar-refractivity contribution in [2.75, 3.05) is 13.1 Å². The highest BCUT2D eigenvalue weighted by Crippen LogP contribution is 2.27. The molecule has 2 aromatic rings. The number of halogens is 1. The van der Waals surface area contributed by atoms with Gasteiger partial charge in [-0.25, -0.2) is 4.39 Å². The normalized spacial score (nSPS) is 15.0. The maximum absolute atomic E-state index is 13.5. The van der Waals surface area contributed by atoms with Crippen LogP contribution in [-0.2, 0) is 22.7 Å². The molecule has 1 saturated carbocycles. The molecule has 4 nitrogen and oxygen atoms in total. The number of carbonyl (C=O) groups is 2. The number of hydrogen-bond donors (Lipinski definition) is 0. The fourth-order valence-electron chi connectivity index (χ4n) is 4.23. The van der Waals surface area contributed by atoms with E-state index in [1.807, 2.05) is 6.07 Å². The van der Waals surface area contributed by atoms with Crippen molar-refractivity contribution in [3.63, 3.8) is 0 Å². The fourth-order valence-corrected chi connectivity index (χ4v) is 5.14. The lowest BCUT2D eigenvalue weighted by Crippen LogP contribution is -2.45. The molecule has 1 aliphatic rings. The highest BCUT2D eigenvalue weighted by Gasteiger charge is 2.30. The second-order valence-corrected chi connectivity index (χ2v) is 10.5. The van der Waals surface area contributed by atoms with Crippen LogP contribution in [0.3, 0.4) is 0 Å². The Hall–Kier alpha value is -2.21. The van der Waals surface area contributed by atoms with Crippen molar-refractivity contribution < 1.29 is 14.0 Å². The number of thiophene rings is 1. The maximum Gasteiger partial charge on any atom is 0.242 e. The molecule has 32 heavy (non-hydrogen) atoms. The van der Waals surface area contributed by atoms with Crippen molar-refractivity contribution >= 4 is 23.2 Å². The van der Waals surface area contributed by atoms with Gasteiger partial charge in [0, 0.05) is 28.8 Å². The van der Waals surface area contributed by atoms with Gasteiger partial charge in [-0.1, -0.05) is 45.2 Å². The van der Waals surface area contributed by atoms with E-state index in [-0.39, 0.29) is 30.1 Å². The number of benzene rings is 1. The van der Waals surface area contributed by atoms with Gasteiger partial charge in [-0.3, -0.25) is 9.59 Å². The Balaban J connectivity index is 1.77. The zero-order chi connectivity index (χ0) is 23.1. The molecular formula is C26H35FN2O2S. The quantitative estimate of drug-likeness (QED) is 0.452. The Morgan fingerprint density at radius 3 is 2.34 bits per heavy atom. The van der Waals surface area contributed by atoms with Crippen LogP contribution in [-0.4, -0.2) is 34.7 Å². The van der Waals surface area contributed by atoms with E-state index in [2.05, 4.69) is 26.8 Å². The van der Waals surface area contributed by atoms with Gasteiger partial charge in [0.2, 0.25) is 11.8 Å². The van der Waals surface area contributed by atoms with Crippen molar-refractivity contribution in [3.8, 4) is 0 Å². The Morgan fingerprint density at radius 1 is 1.06 bits per heavy atom. The third kappa shape index (κ3) is 6.89. The summed E-state index contributed by atoms with van der Waals surface area (Å²) in [6.45, 7) is 7.89. The first-order chi connectivity index (χ1) is 15.4. The largest absolute Gasteiger partial charge is 0.333 e. The van der Waals surface area contributed by atoms with Gasteiger partial charge in [-0.05, 0) is 55.5 Å². The molecule has 0 saturated heterocycles. The van der Waals surface area contributed by atoms with E-state index in [4.69, 9.17) is 0 Å². The Labute approximate surface area is 195 Å². The lowest BCUT2D eigenvalue weighted by molar-refractivity contribution is -0.144. The van der Waals surface area contributed by atoms with Crippen LogP contribution >= 0.6 is 11.3 Å². The van der Waals surface area contributed by atoms with E-state index in [1.54, 1.807) is 33.3 Å². The van der Waals surface area contributed by atoms with Crippen LogP contribution in [0, 0.1) is 24.6 Å². The lowest BCUT2D eigenvalue weighted by atomic mass is 10.0. The molecule has 0 aliphatic heterocycles. The van der Waals surface area contributed by atoms with Gasteiger partial charge in [-0.2, -0.15) is 0 Å². The molecule has 0 N–H and O–H groups in total. The Bertz CT molecular complexity index is 889. The van der Waals surface area contributed by atoms with Crippen LogP contribution < -0.4 is 0 Å². The molecule has 0 unspecified atom stereocenters. The molecule has 1 atom stereocenters. The second-order valence-electron chi connectivity index (χ2n) is 9.10. The van der Waals surface area contributed by atoms with E-state index in [0.717, 1.165) is 42.5 Å². The van der Waals surface area contributed by atoms with Gasteiger partial charge in [0.05, 0.1) is 13.1 Å². The minimum atomic E-state index is -0.289. The maximum atomic E-state index is 13.5. The minimum absolute atomic E-state index is 0.0531. The average Bonchev–Trinajstić information content (AvgIpc) is 3.45. The second kappa shape index (κ2) is 11.6. The summed E-state index contributed by atoms with van der Waals surface area (Å²) in [5, 5.41) is 0. The third-order valence-electron chi connectivity index (χ3n) is 6.35. The van der Waals surface area contributed by atoms with Gasteiger partial charge in [0.1, 0.15) is 5.82 Å². The first-order valence-electron chi connectivity index (χ1n) is 11.7. The molecule has 174 valence electrons. The zero-order valence-corrected chi connectivity index (χ0v) is 20.3. The van der Waals surface area contributed by atoms with Crippen LogP contribution in [0.15, 0.2) is 36.4 Å². The summed E-state index contributed by atoms with van der Waals surface area (Å²) in [5.41, 5.74) is 0.878. The number of amides is 2. The molecule has 1 aromatic heterocycles. The molecule has 6 heteroatoms. The lowest BCUT2D eigenvalue weighted by Gasteiger charge is -2.31. The van der Waals surface area contributed by atoms with Gasteiger partial charge in [0.25, 0.3) is 0 Å². The monoisotopic (exact) mass is 458 g/mol. The SMILES string of the molecule is CC[C@H](C)CN(CC(=O)N(Cc1ccc(F)cc1)Cc1ccc(C)s1)C(=O)C1CCCC1. The number of nitrogens with zero attached hydrogens (tertiary/aromatic N) is 2. The topological polar surface area (TPSA) is 40.6 Å². The van der Waals surface area contributed by atoms with E-state index < -0.39 is 0 Å². The number of hydrogen-bond acceptors (Lipinski definition) is 3. The summed E-state index contributed by atoms with van der Waals surface area (Å²) in [7, 11) is 0. The first-order valence-corrected chi connectivity index (χ1v) is 12.5. The average molecular weight is 459 g/mol. The van der Waals surface area contributed by atoms with E-state index in [0.29, 0.717) is 25.6 Å². The molecular weight excluding hydrogens is 423 g/mol. The fraction of sp³-hybridized carbons (Fsp3) is 0.538. The highest BCUT2D eigenvalue weighted by molar-refractivity contribution is 7.11. The van der Waals surface area contributed by atoms with Crippen molar-refractivity contribution in [1.29, 1.82) is 0 Å². The van der Waals surface area contributed by atoms with E-state index >= 15 is 0 Å². The molecule has 2 amide bonds. The minimum Gasteiger partial charge on any atom is -0.333 e. The number of carbonyl (C=O) groups excluding carboxylic acids is 2. The summed E-state index contributed by atoms with van der Waals surface area (Å²) in [6, 6.07) is 10.4. The van der Waals surface area contributed by atoms with Crippen LogP contribution in [0.25, 0.3) is 0 Å². The molecule has 0 radical (unpaired) electrons. The molecule has 1 fully saturated rings. The highest BCUT2D eigenvalue weighted by atomic mass is 32.1. The van der Waals surface area contributed by atoms with E-state index in [9.17, 15) is 14.0 Å². The summed E-state index contributed by atoms with van der Waals surface area (Å²) in [5.74, 6) is 0.179. The van der Waals surface area contributed by atoms with Crippen LogP contribution in [0.5, 0.6) is 0 Å². The van der Waals surface area contributed by atoms with Crippen LogP contribution in [0.4, 0.5) is 4.39 Å². The van der Waals surface area contributed by atoms with Crippen LogP contribution in [0.1, 0.15) is 61.3 Å². The smallest absolute Gasteiger partial charge is 0.242 e. The zero-order valence-electron chi connectivity index (χ0n) is 19.5. The molecule has 0 spiro atoms. The van der Waals surface area contributed by atoms with Gasteiger partial charge < -0.3 is 9.80 Å². The first kappa shape index (κ1) is 24.4. The Morgan fingerprint density at radius 2 is 1.75 bits per heavy atom. The summed E-state index contributed by atoms with van der Waals surface area (Å²) in [6.07, 6.45) is 5.01.